The third kappa shape index (κ3) is 2.86. The van der Waals surface area contributed by atoms with Crippen molar-refractivity contribution in [2.75, 3.05) is 11.9 Å². The van der Waals surface area contributed by atoms with Crippen LogP contribution >= 0.6 is 0 Å². The zero-order chi connectivity index (χ0) is 13.9. The summed E-state index contributed by atoms with van der Waals surface area (Å²) in [6, 6.07) is 6.47. The van der Waals surface area contributed by atoms with Gasteiger partial charge in [0.15, 0.2) is 0 Å². The molecule has 1 aromatic rings. The summed E-state index contributed by atoms with van der Waals surface area (Å²) in [5, 5.41) is 9.00. The standard InChI is InChI=1S/C14H17FN2O/c1-9(2)12(8-16)14(18)17(4)11-5-6-13(15)10(3)7-11/h5-7,9,12H,1-4H3. The van der Waals surface area contributed by atoms with Crippen molar-refractivity contribution in [1.82, 2.24) is 0 Å². The lowest BCUT2D eigenvalue weighted by atomic mass is 9.96. The molecule has 0 saturated heterocycles. The van der Waals surface area contributed by atoms with E-state index in [0.717, 1.165) is 0 Å². The van der Waals surface area contributed by atoms with Gasteiger partial charge in [-0.05, 0) is 36.6 Å². The Kier molecular flexibility index (Phi) is 4.43. The topological polar surface area (TPSA) is 44.1 Å². The first-order valence-electron chi connectivity index (χ1n) is 5.81. The largest absolute Gasteiger partial charge is 0.314 e. The Bertz CT molecular complexity index is 491. The first-order valence-corrected chi connectivity index (χ1v) is 5.81. The molecule has 0 fully saturated rings. The normalized spacial score (nSPS) is 12.1. The van der Waals surface area contributed by atoms with Crippen LogP contribution in [-0.4, -0.2) is 13.0 Å². The number of anilines is 1. The van der Waals surface area contributed by atoms with E-state index in [0.29, 0.717) is 11.3 Å². The van der Waals surface area contributed by atoms with Crippen LogP contribution in [-0.2, 0) is 4.79 Å². The number of amides is 1. The lowest BCUT2D eigenvalue weighted by Gasteiger charge is -2.22. The predicted molar refractivity (Wildman–Crippen MR) is 68.5 cm³/mol. The number of halogens is 1. The molecular formula is C14H17FN2O. The molecule has 0 spiro atoms. The zero-order valence-corrected chi connectivity index (χ0v) is 11.1. The van der Waals surface area contributed by atoms with Crippen LogP contribution in [0.2, 0.25) is 0 Å². The highest BCUT2D eigenvalue weighted by Gasteiger charge is 2.25. The Balaban J connectivity index is 3.00. The van der Waals surface area contributed by atoms with Gasteiger partial charge in [-0.1, -0.05) is 13.8 Å². The van der Waals surface area contributed by atoms with Gasteiger partial charge in [-0.2, -0.15) is 5.26 Å². The second-order valence-corrected chi connectivity index (χ2v) is 4.68. The van der Waals surface area contributed by atoms with E-state index in [-0.39, 0.29) is 17.6 Å². The van der Waals surface area contributed by atoms with Gasteiger partial charge in [-0.3, -0.25) is 4.79 Å². The number of hydrogen-bond donors (Lipinski definition) is 0. The minimum atomic E-state index is -0.680. The van der Waals surface area contributed by atoms with Crippen LogP contribution < -0.4 is 4.90 Å². The van der Waals surface area contributed by atoms with Gasteiger partial charge in [0, 0.05) is 12.7 Å². The van der Waals surface area contributed by atoms with Gasteiger partial charge in [0.05, 0.1) is 6.07 Å². The lowest BCUT2D eigenvalue weighted by molar-refractivity contribution is -0.121. The molecule has 1 atom stereocenters. The minimum absolute atomic E-state index is 0.0495. The molecule has 0 aliphatic heterocycles. The van der Waals surface area contributed by atoms with Crippen molar-refractivity contribution in [2.24, 2.45) is 11.8 Å². The van der Waals surface area contributed by atoms with Gasteiger partial charge >= 0.3 is 0 Å². The summed E-state index contributed by atoms with van der Waals surface area (Å²) in [4.78, 5) is 13.5. The summed E-state index contributed by atoms with van der Waals surface area (Å²) in [6.07, 6.45) is 0. The van der Waals surface area contributed by atoms with Crippen molar-refractivity contribution >= 4 is 11.6 Å². The Morgan fingerprint density at radius 1 is 1.44 bits per heavy atom. The molecule has 0 aliphatic rings. The maximum Gasteiger partial charge on any atom is 0.244 e. The number of carbonyl (C=O) groups excluding carboxylic acids is 1. The van der Waals surface area contributed by atoms with E-state index in [9.17, 15) is 9.18 Å². The van der Waals surface area contributed by atoms with Gasteiger partial charge < -0.3 is 4.90 Å². The Morgan fingerprint density at radius 3 is 2.50 bits per heavy atom. The fraction of sp³-hybridized carbons (Fsp3) is 0.429. The number of nitriles is 1. The zero-order valence-electron chi connectivity index (χ0n) is 11.1. The van der Waals surface area contributed by atoms with Crippen molar-refractivity contribution < 1.29 is 9.18 Å². The van der Waals surface area contributed by atoms with Gasteiger partial charge in [0.2, 0.25) is 5.91 Å². The fourth-order valence-electron chi connectivity index (χ4n) is 1.66. The summed E-state index contributed by atoms with van der Waals surface area (Å²) >= 11 is 0. The molecule has 1 aromatic carbocycles. The molecule has 4 heteroatoms. The number of carbonyl (C=O) groups is 1. The van der Waals surface area contributed by atoms with E-state index < -0.39 is 5.92 Å². The van der Waals surface area contributed by atoms with Crippen LogP contribution in [0.5, 0.6) is 0 Å². The maximum atomic E-state index is 13.2. The van der Waals surface area contributed by atoms with E-state index in [1.54, 1.807) is 20.0 Å². The molecule has 0 heterocycles. The molecule has 1 amide bonds. The van der Waals surface area contributed by atoms with Crippen molar-refractivity contribution in [1.29, 1.82) is 5.26 Å². The Labute approximate surface area is 107 Å². The van der Waals surface area contributed by atoms with E-state index in [1.807, 2.05) is 19.9 Å². The molecule has 0 N–H and O–H groups in total. The fourth-order valence-corrected chi connectivity index (χ4v) is 1.66. The first kappa shape index (κ1) is 14.2. The number of rotatable bonds is 3. The van der Waals surface area contributed by atoms with E-state index in [1.165, 1.54) is 17.0 Å². The van der Waals surface area contributed by atoms with Crippen LogP contribution in [0.1, 0.15) is 19.4 Å². The summed E-state index contributed by atoms with van der Waals surface area (Å²) < 4.78 is 13.2. The first-order chi connectivity index (χ1) is 8.38. The summed E-state index contributed by atoms with van der Waals surface area (Å²) in [7, 11) is 1.60. The molecule has 1 rings (SSSR count). The highest BCUT2D eigenvalue weighted by molar-refractivity contribution is 5.96. The molecule has 0 aromatic heterocycles. The average molecular weight is 248 g/mol. The Morgan fingerprint density at radius 2 is 2.06 bits per heavy atom. The van der Waals surface area contributed by atoms with Gasteiger partial charge in [0.25, 0.3) is 0 Å². The van der Waals surface area contributed by atoms with Crippen molar-refractivity contribution in [3.05, 3.63) is 29.6 Å². The molecule has 96 valence electrons. The Hall–Kier alpha value is -1.89. The number of hydrogen-bond acceptors (Lipinski definition) is 2. The van der Waals surface area contributed by atoms with Crippen LogP contribution in [0.3, 0.4) is 0 Å². The van der Waals surface area contributed by atoms with Crippen molar-refractivity contribution in [3.8, 4) is 6.07 Å². The van der Waals surface area contributed by atoms with E-state index in [4.69, 9.17) is 5.26 Å². The van der Waals surface area contributed by atoms with Gasteiger partial charge in [-0.15, -0.1) is 0 Å². The van der Waals surface area contributed by atoms with Gasteiger partial charge in [0.1, 0.15) is 11.7 Å². The summed E-state index contributed by atoms with van der Waals surface area (Å²) in [6.45, 7) is 5.30. The smallest absolute Gasteiger partial charge is 0.244 e. The van der Waals surface area contributed by atoms with Crippen LogP contribution in [0, 0.1) is 35.9 Å². The molecule has 0 bridgehead atoms. The number of nitrogens with zero attached hydrogens (tertiary/aromatic N) is 2. The second kappa shape index (κ2) is 5.63. The molecule has 0 saturated carbocycles. The highest BCUT2D eigenvalue weighted by atomic mass is 19.1. The van der Waals surface area contributed by atoms with Crippen molar-refractivity contribution in [3.63, 3.8) is 0 Å². The quantitative estimate of drug-likeness (QED) is 0.825. The third-order valence-electron chi connectivity index (χ3n) is 2.93. The molecule has 0 aliphatic carbocycles. The molecule has 0 radical (unpaired) electrons. The highest BCUT2D eigenvalue weighted by Crippen LogP contribution is 2.21. The predicted octanol–water partition coefficient (Wildman–Crippen LogP) is 2.89. The van der Waals surface area contributed by atoms with Gasteiger partial charge in [-0.25, -0.2) is 4.39 Å². The van der Waals surface area contributed by atoms with E-state index in [2.05, 4.69) is 0 Å². The number of aryl methyl sites for hydroxylation is 1. The average Bonchev–Trinajstić information content (AvgIpc) is 2.32. The lowest BCUT2D eigenvalue weighted by Crippen LogP contribution is -2.34. The SMILES string of the molecule is Cc1cc(N(C)C(=O)C(C#N)C(C)C)ccc1F. The van der Waals surface area contributed by atoms with Crippen LogP contribution in [0.25, 0.3) is 0 Å². The summed E-state index contributed by atoms with van der Waals surface area (Å²) in [5.41, 5.74) is 1.07. The monoisotopic (exact) mass is 248 g/mol. The minimum Gasteiger partial charge on any atom is -0.314 e. The van der Waals surface area contributed by atoms with E-state index >= 15 is 0 Å². The molecular weight excluding hydrogens is 231 g/mol. The maximum absolute atomic E-state index is 13.2. The summed E-state index contributed by atoms with van der Waals surface area (Å²) in [5.74, 6) is -1.30. The molecule has 18 heavy (non-hydrogen) atoms. The molecule has 3 nitrogen and oxygen atoms in total. The second-order valence-electron chi connectivity index (χ2n) is 4.68. The van der Waals surface area contributed by atoms with Crippen LogP contribution in [0.15, 0.2) is 18.2 Å². The molecule has 1 unspecified atom stereocenters. The van der Waals surface area contributed by atoms with Crippen LogP contribution in [0.4, 0.5) is 10.1 Å². The van der Waals surface area contributed by atoms with Crippen molar-refractivity contribution in [2.45, 2.75) is 20.8 Å². The third-order valence-corrected chi connectivity index (χ3v) is 2.93. The number of benzene rings is 1.